The zero-order valence-electron chi connectivity index (χ0n) is 19.5. The van der Waals surface area contributed by atoms with E-state index in [9.17, 15) is 9.59 Å². The maximum atomic E-state index is 12.3. The maximum Gasteiger partial charge on any atom is 0.353 e. The Balaban J connectivity index is 1.29. The highest BCUT2D eigenvalue weighted by Gasteiger charge is 2.14. The van der Waals surface area contributed by atoms with Gasteiger partial charge in [0.1, 0.15) is 10.6 Å². The van der Waals surface area contributed by atoms with E-state index in [4.69, 9.17) is 14.2 Å². The third-order valence-electron chi connectivity index (χ3n) is 4.93. The van der Waals surface area contributed by atoms with Crippen LogP contribution in [-0.4, -0.2) is 31.3 Å². The molecule has 7 nitrogen and oxygen atoms in total. The minimum absolute atomic E-state index is 0.177. The van der Waals surface area contributed by atoms with E-state index in [0.717, 1.165) is 11.1 Å². The Hall–Kier alpha value is -4.43. The molecule has 1 aromatic heterocycles. The van der Waals surface area contributed by atoms with Crippen molar-refractivity contribution in [2.45, 2.75) is 6.92 Å². The van der Waals surface area contributed by atoms with Crippen LogP contribution < -0.4 is 19.6 Å². The number of nitrogens with zero attached hydrogens (tertiary/aromatic N) is 1. The average molecular weight is 501 g/mol. The summed E-state index contributed by atoms with van der Waals surface area (Å²) < 4.78 is 16.6. The zero-order valence-corrected chi connectivity index (χ0v) is 20.4. The van der Waals surface area contributed by atoms with E-state index in [-0.39, 0.29) is 6.61 Å². The van der Waals surface area contributed by atoms with Crippen LogP contribution in [-0.2, 0) is 4.79 Å². The van der Waals surface area contributed by atoms with Gasteiger partial charge >= 0.3 is 5.97 Å². The first kappa shape index (κ1) is 24.7. The monoisotopic (exact) mass is 500 g/mol. The van der Waals surface area contributed by atoms with Gasteiger partial charge in [-0.3, -0.25) is 4.79 Å². The number of ether oxygens (including phenoxy) is 3. The molecule has 0 bridgehead atoms. The Bertz CT molecular complexity index is 1320. The zero-order chi connectivity index (χ0) is 25.2. The van der Waals surface area contributed by atoms with Crippen molar-refractivity contribution in [3.63, 3.8) is 0 Å². The highest BCUT2D eigenvalue weighted by Crippen LogP contribution is 2.29. The fraction of sp³-hybridized carbons (Fsp3) is 0.107. The summed E-state index contributed by atoms with van der Waals surface area (Å²) in [6.07, 6.45) is 1.47. The van der Waals surface area contributed by atoms with Gasteiger partial charge in [0.05, 0.1) is 12.8 Å². The maximum absolute atomic E-state index is 12.3. The number of hydrazone groups is 1. The van der Waals surface area contributed by atoms with Crippen LogP contribution in [0.5, 0.6) is 17.2 Å². The van der Waals surface area contributed by atoms with Crippen LogP contribution in [0.1, 0.15) is 22.2 Å². The van der Waals surface area contributed by atoms with Gasteiger partial charge in [0.15, 0.2) is 18.1 Å². The summed E-state index contributed by atoms with van der Waals surface area (Å²) in [6.45, 7) is 2.05. The van der Waals surface area contributed by atoms with Crippen molar-refractivity contribution in [2.24, 2.45) is 5.10 Å². The molecule has 0 saturated carbocycles. The molecule has 0 aliphatic rings. The van der Waals surface area contributed by atoms with Crippen molar-refractivity contribution in [2.75, 3.05) is 13.2 Å². The molecule has 0 unspecified atom stereocenters. The number of hydrogen-bond donors (Lipinski definition) is 1. The summed E-state index contributed by atoms with van der Waals surface area (Å²) in [5.74, 6) is 0.449. The quantitative estimate of drug-likeness (QED) is 0.133. The van der Waals surface area contributed by atoms with Gasteiger partial charge in [-0.15, -0.1) is 11.3 Å². The second-order valence-corrected chi connectivity index (χ2v) is 8.43. The molecular weight excluding hydrogens is 476 g/mol. The topological polar surface area (TPSA) is 86.2 Å². The molecule has 1 N–H and O–H groups in total. The lowest BCUT2D eigenvalue weighted by Gasteiger charge is -2.11. The molecule has 182 valence electrons. The van der Waals surface area contributed by atoms with Gasteiger partial charge in [-0.25, -0.2) is 10.2 Å². The minimum atomic E-state index is -0.450. The van der Waals surface area contributed by atoms with E-state index in [1.807, 2.05) is 61.5 Å². The summed E-state index contributed by atoms with van der Waals surface area (Å²) >= 11 is 1.30. The number of thiophene rings is 1. The SMILES string of the molecule is CCOc1cc(/C=N/NC(=O)COc2ccc(-c3ccccc3)cc2)ccc1OC(=O)c1cccs1. The molecule has 0 fully saturated rings. The normalized spacial score (nSPS) is 10.7. The summed E-state index contributed by atoms with van der Waals surface area (Å²) in [5, 5.41) is 5.78. The third kappa shape index (κ3) is 6.80. The van der Waals surface area contributed by atoms with Crippen molar-refractivity contribution in [3.8, 4) is 28.4 Å². The molecule has 4 aromatic rings. The Morgan fingerprint density at radius 3 is 2.39 bits per heavy atom. The first-order valence-corrected chi connectivity index (χ1v) is 12.1. The number of nitrogens with one attached hydrogen (secondary N) is 1. The number of esters is 1. The Morgan fingerprint density at radius 1 is 0.889 bits per heavy atom. The fourth-order valence-corrected chi connectivity index (χ4v) is 3.84. The fourth-order valence-electron chi connectivity index (χ4n) is 3.24. The Morgan fingerprint density at radius 2 is 1.67 bits per heavy atom. The predicted molar refractivity (Wildman–Crippen MR) is 140 cm³/mol. The second-order valence-electron chi connectivity index (χ2n) is 7.48. The van der Waals surface area contributed by atoms with Gasteiger partial charge < -0.3 is 14.2 Å². The van der Waals surface area contributed by atoms with Crippen LogP contribution in [0.4, 0.5) is 0 Å². The van der Waals surface area contributed by atoms with Crippen LogP contribution >= 0.6 is 11.3 Å². The van der Waals surface area contributed by atoms with E-state index in [1.54, 1.807) is 35.7 Å². The lowest BCUT2D eigenvalue weighted by molar-refractivity contribution is -0.123. The molecule has 0 aliphatic heterocycles. The van der Waals surface area contributed by atoms with Gasteiger partial charge in [0, 0.05) is 0 Å². The highest BCUT2D eigenvalue weighted by molar-refractivity contribution is 7.12. The smallest absolute Gasteiger partial charge is 0.353 e. The lowest BCUT2D eigenvalue weighted by atomic mass is 10.1. The average Bonchev–Trinajstić information content (AvgIpc) is 3.45. The number of hydrogen-bond acceptors (Lipinski definition) is 7. The summed E-state index contributed by atoms with van der Waals surface area (Å²) in [4.78, 5) is 24.9. The van der Waals surface area contributed by atoms with Crippen molar-refractivity contribution >= 4 is 29.4 Å². The summed E-state index contributed by atoms with van der Waals surface area (Å²) in [7, 11) is 0. The number of carbonyl (C=O) groups is 2. The molecule has 0 spiro atoms. The van der Waals surface area contributed by atoms with E-state index < -0.39 is 11.9 Å². The molecule has 1 heterocycles. The number of benzene rings is 3. The minimum Gasteiger partial charge on any atom is -0.490 e. The van der Waals surface area contributed by atoms with Gasteiger partial charge in [-0.2, -0.15) is 5.10 Å². The van der Waals surface area contributed by atoms with Crippen LogP contribution in [0.2, 0.25) is 0 Å². The van der Waals surface area contributed by atoms with Crippen molar-refractivity contribution < 1.29 is 23.8 Å². The Labute approximate surface area is 213 Å². The molecule has 8 heteroatoms. The molecular formula is C28H24N2O5S. The molecule has 36 heavy (non-hydrogen) atoms. The standard InChI is InChI=1S/C28H24N2O5S/c1-2-33-25-17-20(10-15-24(25)35-28(32)26-9-6-16-36-26)18-29-30-27(31)19-34-23-13-11-22(12-14-23)21-7-4-3-5-8-21/h3-18H,2,19H2,1H3,(H,30,31)/b29-18+. The van der Waals surface area contributed by atoms with E-state index in [1.165, 1.54) is 17.6 Å². The van der Waals surface area contributed by atoms with Gasteiger partial charge in [-0.1, -0.05) is 48.5 Å². The van der Waals surface area contributed by atoms with Crippen LogP contribution in [0, 0.1) is 0 Å². The van der Waals surface area contributed by atoms with Gasteiger partial charge in [0.25, 0.3) is 5.91 Å². The van der Waals surface area contributed by atoms with Crippen molar-refractivity contribution in [3.05, 3.63) is 101 Å². The van der Waals surface area contributed by atoms with Gasteiger partial charge in [0.2, 0.25) is 0 Å². The number of rotatable bonds is 10. The predicted octanol–water partition coefficient (Wildman–Crippen LogP) is 5.56. The van der Waals surface area contributed by atoms with Crippen LogP contribution in [0.25, 0.3) is 11.1 Å². The molecule has 0 radical (unpaired) electrons. The molecule has 0 aliphatic carbocycles. The molecule has 0 saturated heterocycles. The number of carbonyl (C=O) groups excluding carboxylic acids is 2. The van der Waals surface area contributed by atoms with E-state index in [2.05, 4.69) is 10.5 Å². The molecule has 0 atom stereocenters. The van der Waals surface area contributed by atoms with E-state index in [0.29, 0.717) is 34.3 Å². The first-order chi connectivity index (χ1) is 17.6. The lowest BCUT2D eigenvalue weighted by Crippen LogP contribution is -2.24. The third-order valence-corrected chi connectivity index (χ3v) is 5.78. The largest absolute Gasteiger partial charge is 0.490 e. The first-order valence-electron chi connectivity index (χ1n) is 11.2. The molecule has 3 aromatic carbocycles. The summed E-state index contributed by atoms with van der Waals surface area (Å²) in [6, 6.07) is 26.0. The summed E-state index contributed by atoms with van der Waals surface area (Å²) in [5.41, 5.74) is 5.27. The second kappa shape index (κ2) is 12.3. The molecule has 1 amide bonds. The number of amides is 1. The van der Waals surface area contributed by atoms with Gasteiger partial charge in [-0.05, 0) is 65.4 Å². The highest BCUT2D eigenvalue weighted by atomic mass is 32.1. The van der Waals surface area contributed by atoms with Crippen LogP contribution in [0.3, 0.4) is 0 Å². The van der Waals surface area contributed by atoms with Crippen LogP contribution in [0.15, 0.2) is 95.4 Å². The van der Waals surface area contributed by atoms with E-state index >= 15 is 0 Å². The van der Waals surface area contributed by atoms with Crippen molar-refractivity contribution in [1.82, 2.24) is 5.43 Å². The van der Waals surface area contributed by atoms with Crippen molar-refractivity contribution in [1.29, 1.82) is 0 Å². The Kier molecular flexibility index (Phi) is 8.45. The molecule has 4 rings (SSSR count).